The minimum Gasteiger partial charge on any atom is -0.497 e. The molecular formula is C15H15BrClNO. The molecule has 0 aromatic heterocycles. The molecule has 0 heterocycles. The summed E-state index contributed by atoms with van der Waals surface area (Å²) in [5, 5.41) is 0.692. The monoisotopic (exact) mass is 339 g/mol. The maximum absolute atomic E-state index is 6.23. The van der Waals surface area contributed by atoms with Crippen LogP contribution in [0.5, 0.6) is 5.75 Å². The summed E-state index contributed by atoms with van der Waals surface area (Å²) < 4.78 is 6.08. The van der Waals surface area contributed by atoms with Gasteiger partial charge in [-0.05, 0) is 57.7 Å². The molecule has 0 saturated carbocycles. The van der Waals surface area contributed by atoms with Gasteiger partial charge in [0.15, 0.2) is 0 Å². The van der Waals surface area contributed by atoms with Gasteiger partial charge in [-0.2, -0.15) is 0 Å². The molecule has 19 heavy (non-hydrogen) atoms. The maximum Gasteiger partial charge on any atom is 0.119 e. The van der Waals surface area contributed by atoms with Crippen molar-refractivity contribution in [3.8, 4) is 5.75 Å². The third-order valence-electron chi connectivity index (χ3n) is 2.96. The molecule has 2 nitrogen and oxygen atoms in total. The second-order valence-electron chi connectivity index (χ2n) is 4.34. The first kappa shape index (κ1) is 14.4. The largest absolute Gasteiger partial charge is 0.497 e. The zero-order valence-corrected chi connectivity index (χ0v) is 12.9. The van der Waals surface area contributed by atoms with Gasteiger partial charge in [-0.15, -0.1) is 0 Å². The molecule has 0 spiro atoms. The van der Waals surface area contributed by atoms with Gasteiger partial charge in [-0.1, -0.05) is 29.8 Å². The molecule has 0 saturated heterocycles. The summed E-state index contributed by atoms with van der Waals surface area (Å²) in [4.78, 5) is 0. The molecule has 1 unspecified atom stereocenters. The molecule has 2 rings (SSSR count). The molecule has 0 aliphatic heterocycles. The highest BCUT2D eigenvalue weighted by molar-refractivity contribution is 9.10. The molecule has 0 bridgehead atoms. The van der Waals surface area contributed by atoms with Crippen LogP contribution >= 0.6 is 27.5 Å². The van der Waals surface area contributed by atoms with Crippen LogP contribution in [0.1, 0.15) is 17.2 Å². The van der Waals surface area contributed by atoms with E-state index < -0.39 is 0 Å². The third kappa shape index (κ3) is 3.72. The first-order valence-electron chi connectivity index (χ1n) is 5.93. The van der Waals surface area contributed by atoms with E-state index in [9.17, 15) is 0 Å². The quantitative estimate of drug-likeness (QED) is 0.898. The molecule has 4 heteroatoms. The summed E-state index contributed by atoms with van der Waals surface area (Å²) >= 11 is 9.40. The highest BCUT2D eigenvalue weighted by atomic mass is 79.9. The van der Waals surface area contributed by atoms with Gasteiger partial charge in [0.2, 0.25) is 0 Å². The van der Waals surface area contributed by atoms with E-state index in [0.29, 0.717) is 5.02 Å². The number of hydrogen-bond donors (Lipinski definition) is 1. The van der Waals surface area contributed by atoms with Gasteiger partial charge in [-0.25, -0.2) is 0 Å². The summed E-state index contributed by atoms with van der Waals surface area (Å²) in [6, 6.07) is 13.7. The van der Waals surface area contributed by atoms with Crippen LogP contribution in [-0.4, -0.2) is 7.11 Å². The molecule has 2 N–H and O–H groups in total. The van der Waals surface area contributed by atoms with E-state index in [-0.39, 0.29) is 6.04 Å². The van der Waals surface area contributed by atoms with Crippen molar-refractivity contribution in [1.82, 2.24) is 0 Å². The van der Waals surface area contributed by atoms with E-state index >= 15 is 0 Å². The van der Waals surface area contributed by atoms with Crippen LogP contribution in [-0.2, 0) is 6.42 Å². The Hall–Kier alpha value is -1.03. The van der Waals surface area contributed by atoms with Crippen molar-refractivity contribution in [3.05, 3.63) is 63.1 Å². The van der Waals surface area contributed by atoms with E-state index in [2.05, 4.69) is 15.9 Å². The Kier molecular flexibility index (Phi) is 4.86. The van der Waals surface area contributed by atoms with Gasteiger partial charge in [0.1, 0.15) is 5.75 Å². The topological polar surface area (TPSA) is 35.2 Å². The van der Waals surface area contributed by atoms with Crippen molar-refractivity contribution in [2.24, 2.45) is 5.73 Å². The van der Waals surface area contributed by atoms with E-state index in [4.69, 9.17) is 22.1 Å². The van der Waals surface area contributed by atoms with Gasteiger partial charge in [0.05, 0.1) is 12.1 Å². The molecule has 2 aromatic rings. The van der Waals surface area contributed by atoms with Crippen molar-refractivity contribution in [1.29, 1.82) is 0 Å². The predicted molar refractivity (Wildman–Crippen MR) is 82.8 cm³/mol. The number of hydrogen-bond acceptors (Lipinski definition) is 2. The number of methoxy groups -OCH3 is 1. The summed E-state index contributed by atoms with van der Waals surface area (Å²) in [5.41, 5.74) is 8.44. The van der Waals surface area contributed by atoms with Crippen LogP contribution < -0.4 is 10.5 Å². The fourth-order valence-corrected chi connectivity index (χ4v) is 2.43. The number of halogens is 2. The lowest BCUT2D eigenvalue weighted by molar-refractivity contribution is 0.414. The average molecular weight is 341 g/mol. The Morgan fingerprint density at radius 1 is 1.26 bits per heavy atom. The van der Waals surface area contributed by atoms with E-state index in [1.807, 2.05) is 42.5 Å². The van der Waals surface area contributed by atoms with Crippen molar-refractivity contribution >= 4 is 27.5 Å². The van der Waals surface area contributed by atoms with Crippen molar-refractivity contribution in [2.45, 2.75) is 12.5 Å². The van der Waals surface area contributed by atoms with Gasteiger partial charge in [0, 0.05) is 10.5 Å². The normalized spacial score (nSPS) is 12.2. The molecule has 0 amide bonds. The summed E-state index contributed by atoms with van der Waals surface area (Å²) in [5.74, 6) is 0.849. The summed E-state index contributed by atoms with van der Waals surface area (Å²) in [6.45, 7) is 0. The van der Waals surface area contributed by atoms with Crippen LogP contribution in [0.2, 0.25) is 5.02 Å². The van der Waals surface area contributed by atoms with E-state index in [1.165, 1.54) is 0 Å². The third-order valence-corrected chi connectivity index (χ3v) is 4.18. The zero-order chi connectivity index (χ0) is 13.8. The summed E-state index contributed by atoms with van der Waals surface area (Å²) in [6.07, 6.45) is 0.755. The molecule has 0 radical (unpaired) electrons. The highest BCUT2D eigenvalue weighted by Crippen LogP contribution is 2.27. The smallest absolute Gasteiger partial charge is 0.119 e. The average Bonchev–Trinajstić information content (AvgIpc) is 2.42. The van der Waals surface area contributed by atoms with Gasteiger partial charge in [0.25, 0.3) is 0 Å². The first-order chi connectivity index (χ1) is 9.10. The standard InChI is InChI=1S/C15H15BrClNO/c1-19-12-4-2-3-10(7-12)8-15(18)11-5-6-14(17)13(16)9-11/h2-7,9,15H,8,18H2,1H3. The van der Waals surface area contributed by atoms with Gasteiger partial charge in [-0.3, -0.25) is 0 Å². The number of ether oxygens (including phenoxy) is 1. The van der Waals surface area contributed by atoms with Crippen LogP contribution in [0.15, 0.2) is 46.9 Å². The lowest BCUT2D eigenvalue weighted by Gasteiger charge is -2.13. The number of benzene rings is 2. The number of rotatable bonds is 4. The number of nitrogens with two attached hydrogens (primary N) is 1. The second kappa shape index (κ2) is 6.42. The molecule has 100 valence electrons. The molecule has 0 fully saturated rings. The van der Waals surface area contributed by atoms with Crippen LogP contribution in [0, 0.1) is 0 Å². The fourth-order valence-electron chi connectivity index (χ4n) is 1.91. The maximum atomic E-state index is 6.23. The Morgan fingerprint density at radius 3 is 2.74 bits per heavy atom. The van der Waals surface area contributed by atoms with Crippen LogP contribution in [0.25, 0.3) is 0 Å². The van der Waals surface area contributed by atoms with Crippen molar-refractivity contribution in [3.63, 3.8) is 0 Å². The molecule has 0 aliphatic rings. The van der Waals surface area contributed by atoms with E-state index in [0.717, 1.165) is 27.8 Å². The minimum atomic E-state index is -0.0688. The molecule has 2 aromatic carbocycles. The van der Waals surface area contributed by atoms with Gasteiger partial charge >= 0.3 is 0 Å². The van der Waals surface area contributed by atoms with Crippen LogP contribution in [0.4, 0.5) is 0 Å². The fraction of sp³-hybridized carbons (Fsp3) is 0.200. The predicted octanol–water partition coefficient (Wildman–Crippen LogP) is 4.35. The lowest BCUT2D eigenvalue weighted by Crippen LogP contribution is -2.13. The zero-order valence-electron chi connectivity index (χ0n) is 10.6. The summed E-state index contributed by atoms with van der Waals surface area (Å²) in [7, 11) is 1.66. The van der Waals surface area contributed by atoms with Crippen molar-refractivity contribution in [2.75, 3.05) is 7.11 Å². The highest BCUT2D eigenvalue weighted by Gasteiger charge is 2.09. The van der Waals surface area contributed by atoms with Gasteiger partial charge < -0.3 is 10.5 Å². The SMILES string of the molecule is COc1cccc(CC(N)c2ccc(Cl)c(Br)c2)c1. The van der Waals surface area contributed by atoms with E-state index in [1.54, 1.807) is 7.11 Å². The first-order valence-corrected chi connectivity index (χ1v) is 7.10. The molecule has 1 atom stereocenters. The Balaban J connectivity index is 2.15. The minimum absolute atomic E-state index is 0.0688. The Morgan fingerprint density at radius 2 is 2.05 bits per heavy atom. The molecular weight excluding hydrogens is 326 g/mol. The molecule has 0 aliphatic carbocycles. The van der Waals surface area contributed by atoms with Crippen LogP contribution in [0.3, 0.4) is 0 Å². The second-order valence-corrected chi connectivity index (χ2v) is 5.60. The Bertz CT molecular complexity index is 574. The Labute approximate surface area is 126 Å². The van der Waals surface area contributed by atoms with Crippen molar-refractivity contribution < 1.29 is 4.74 Å². The lowest BCUT2D eigenvalue weighted by atomic mass is 10.00.